The number of anilines is 1. The number of carbonyl (C=O) groups is 2. The molecule has 1 aromatic carbocycles. The van der Waals surface area contributed by atoms with Crippen molar-refractivity contribution in [3.8, 4) is 0 Å². The molecule has 2 saturated heterocycles. The summed E-state index contributed by atoms with van der Waals surface area (Å²) < 4.78 is 28.4. The van der Waals surface area contributed by atoms with Gasteiger partial charge in [-0.05, 0) is 62.1 Å². The molecule has 4 rings (SSSR count). The molecule has 0 atom stereocenters. The van der Waals surface area contributed by atoms with Crippen molar-refractivity contribution in [2.24, 2.45) is 0 Å². The molecule has 2 fully saturated rings. The fourth-order valence-corrected chi connectivity index (χ4v) is 7.84. The third-order valence-corrected chi connectivity index (χ3v) is 10.5. The first-order chi connectivity index (χ1) is 17.2. The standard InChI is InChI=1S/C25H33ClN4O4S2/c1-3-19-17-20(26)7-8-21(19)25(32)30(4-2)23-9-10-24(35-23)36(33,34)29-15-13-27(14-16-29)18-22(31)28-11-5-6-12-28/h7-10,17H,3-6,11-16,18H2,1-2H3. The van der Waals surface area contributed by atoms with Crippen LogP contribution in [0, 0.1) is 0 Å². The first kappa shape index (κ1) is 27.1. The van der Waals surface area contributed by atoms with Gasteiger partial charge < -0.3 is 4.90 Å². The number of rotatable bonds is 8. The summed E-state index contributed by atoms with van der Waals surface area (Å²) in [7, 11) is -3.68. The van der Waals surface area contributed by atoms with E-state index in [1.807, 2.05) is 23.6 Å². The van der Waals surface area contributed by atoms with Gasteiger partial charge in [0.2, 0.25) is 5.91 Å². The van der Waals surface area contributed by atoms with Crippen LogP contribution < -0.4 is 4.90 Å². The van der Waals surface area contributed by atoms with E-state index in [0.717, 1.165) is 42.8 Å². The molecular weight excluding hydrogens is 520 g/mol. The summed E-state index contributed by atoms with van der Waals surface area (Å²) in [5.74, 6) is -0.0453. The topological polar surface area (TPSA) is 81.2 Å². The zero-order valence-corrected chi connectivity index (χ0v) is 23.2. The van der Waals surface area contributed by atoms with Crippen LogP contribution >= 0.6 is 22.9 Å². The minimum atomic E-state index is -3.68. The Kier molecular flexibility index (Phi) is 8.72. The van der Waals surface area contributed by atoms with E-state index in [1.165, 1.54) is 4.31 Å². The molecule has 36 heavy (non-hydrogen) atoms. The maximum absolute atomic E-state index is 13.4. The van der Waals surface area contributed by atoms with Gasteiger partial charge in [-0.3, -0.25) is 19.4 Å². The van der Waals surface area contributed by atoms with E-state index < -0.39 is 10.0 Å². The predicted octanol–water partition coefficient (Wildman–Crippen LogP) is 3.56. The molecule has 0 unspecified atom stereocenters. The van der Waals surface area contributed by atoms with Crippen molar-refractivity contribution in [1.82, 2.24) is 14.1 Å². The van der Waals surface area contributed by atoms with Crippen LogP contribution in [-0.4, -0.2) is 86.7 Å². The Morgan fingerprint density at radius 1 is 1.00 bits per heavy atom. The summed E-state index contributed by atoms with van der Waals surface area (Å²) in [6.45, 7) is 7.95. The second-order valence-electron chi connectivity index (χ2n) is 9.07. The van der Waals surface area contributed by atoms with E-state index in [9.17, 15) is 18.0 Å². The molecule has 0 spiro atoms. The lowest BCUT2D eigenvalue weighted by Crippen LogP contribution is -2.51. The van der Waals surface area contributed by atoms with Gasteiger partial charge in [-0.25, -0.2) is 8.42 Å². The monoisotopic (exact) mass is 552 g/mol. The van der Waals surface area contributed by atoms with Gasteiger partial charge in [-0.2, -0.15) is 4.31 Å². The number of likely N-dealkylation sites (tertiary alicyclic amines) is 1. The van der Waals surface area contributed by atoms with E-state index in [1.54, 1.807) is 35.2 Å². The zero-order valence-electron chi connectivity index (χ0n) is 20.8. The molecule has 0 N–H and O–H groups in total. The van der Waals surface area contributed by atoms with Crippen LogP contribution in [-0.2, 0) is 21.2 Å². The van der Waals surface area contributed by atoms with Gasteiger partial charge in [0.1, 0.15) is 4.21 Å². The average molecular weight is 553 g/mol. The number of piperazine rings is 1. The van der Waals surface area contributed by atoms with Crippen molar-refractivity contribution in [3.05, 3.63) is 46.5 Å². The first-order valence-electron chi connectivity index (χ1n) is 12.4. The van der Waals surface area contributed by atoms with Crippen molar-refractivity contribution in [2.45, 2.75) is 37.3 Å². The smallest absolute Gasteiger partial charge is 0.259 e. The van der Waals surface area contributed by atoms with Gasteiger partial charge in [0, 0.05) is 56.4 Å². The molecule has 2 amide bonds. The summed E-state index contributed by atoms with van der Waals surface area (Å²) in [5, 5.41) is 1.17. The summed E-state index contributed by atoms with van der Waals surface area (Å²) in [4.78, 5) is 31.3. The number of aryl methyl sites for hydroxylation is 1. The Labute approximate surface area is 222 Å². The number of nitrogens with zero attached hydrogens (tertiary/aromatic N) is 4. The Balaban J connectivity index is 1.42. The van der Waals surface area contributed by atoms with Crippen LogP contribution in [0.5, 0.6) is 0 Å². The van der Waals surface area contributed by atoms with Crippen molar-refractivity contribution >= 4 is 49.8 Å². The summed E-state index contributed by atoms with van der Waals surface area (Å²) in [6, 6.07) is 8.50. The van der Waals surface area contributed by atoms with Crippen LogP contribution in [0.2, 0.25) is 5.02 Å². The Morgan fingerprint density at radius 3 is 2.33 bits per heavy atom. The molecule has 2 aromatic rings. The second-order valence-corrected chi connectivity index (χ2v) is 12.7. The third-order valence-electron chi connectivity index (χ3n) is 6.82. The van der Waals surface area contributed by atoms with E-state index >= 15 is 0 Å². The Morgan fingerprint density at radius 2 is 1.69 bits per heavy atom. The van der Waals surface area contributed by atoms with E-state index in [-0.39, 0.29) is 16.0 Å². The third kappa shape index (κ3) is 5.78. The van der Waals surface area contributed by atoms with Gasteiger partial charge in [-0.1, -0.05) is 18.5 Å². The lowest BCUT2D eigenvalue weighted by Gasteiger charge is -2.34. The minimum Gasteiger partial charge on any atom is -0.342 e. The quantitative estimate of drug-likeness (QED) is 0.500. The largest absolute Gasteiger partial charge is 0.342 e. The zero-order chi connectivity index (χ0) is 25.9. The van der Waals surface area contributed by atoms with Crippen molar-refractivity contribution in [2.75, 3.05) is 57.3 Å². The van der Waals surface area contributed by atoms with Gasteiger partial charge in [0.15, 0.2) is 0 Å². The normalized spacial score (nSPS) is 17.5. The van der Waals surface area contributed by atoms with E-state index in [0.29, 0.717) is 61.3 Å². The van der Waals surface area contributed by atoms with E-state index in [4.69, 9.17) is 11.6 Å². The van der Waals surface area contributed by atoms with Crippen molar-refractivity contribution < 1.29 is 18.0 Å². The number of hydrogen-bond acceptors (Lipinski definition) is 6. The van der Waals surface area contributed by atoms with Crippen LogP contribution in [0.4, 0.5) is 5.00 Å². The van der Waals surface area contributed by atoms with Gasteiger partial charge in [0.25, 0.3) is 15.9 Å². The highest BCUT2D eigenvalue weighted by Crippen LogP contribution is 2.33. The second kappa shape index (κ2) is 11.6. The molecule has 8 nitrogen and oxygen atoms in total. The SMILES string of the molecule is CCc1cc(Cl)ccc1C(=O)N(CC)c1ccc(S(=O)(=O)N2CCN(CC(=O)N3CCCC3)CC2)s1. The summed E-state index contributed by atoms with van der Waals surface area (Å²) in [5.41, 5.74) is 1.43. The number of sulfonamides is 1. The highest BCUT2D eigenvalue weighted by Gasteiger charge is 2.32. The maximum Gasteiger partial charge on any atom is 0.259 e. The molecule has 0 aliphatic carbocycles. The summed E-state index contributed by atoms with van der Waals surface area (Å²) >= 11 is 7.21. The van der Waals surface area contributed by atoms with Crippen LogP contribution in [0.25, 0.3) is 0 Å². The number of halogens is 1. The fraction of sp³-hybridized carbons (Fsp3) is 0.520. The average Bonchev–Trinajstić information content (AvgIpc) is 3.58. The molecule has 3 heterocycles. The lowest BCUT2D eigenvalue weighted by molar-refractivity contribution is -0.131. The number of thiophene rings is 1. The number of amides is 2. The molecule has 11 heteroatoms. The molecular formula is C25H33ClN4O4S2. The highest BCUT2D eigenvalue weighted by molar-refractivity contribution is 7.91. The summed E-state index contributed by atoms with van der Waals surface area (Å²) in [6.07, 6.45) is 2.78. The maximum atomic E-state index is 13.4. The van der Waals surface area contributed by atoms with Gasteiger partial charge >= 0.3 is 0 Å². The molecule has 0 radical (unpaired) electrons. The minimum absolute atomic E-state index is 0.128. The van der Waals surface area contributed by atoms with Crippen molar-refractivity contribution in [3.63, 3.8) is 0 Å². The molecule has 0 bridgehead atoms. The first-order valence-corrected chi connectivity index (χ1v) is 15.1. The molecule has 2 aliphatic heterocycles. The molecule has 1 aromatic heterocycles. The fourth-order valence-electron chi connectivity index (χ4n) is 4.72. The molecule has 196 valence electrons. The number of carbonyl (C=O) groups excluding carboxylic acids is 2. The molecule has 2 aliphatic rings. The Bertz CT molecular complexity index is 1200. The number of benzene rings is 1. The van der Waals surface area contributed by atoms with Crippen LogP contribution in [0.15, 0.2) is 34.5 Å². The Hall–Kier alpha value is -1.98. The van der Waals surface area contributed by atoms with Crippen LogP contribution in [0.3, 0.4) is 0 Å². The molecule has 0 saturated carbocycles. The van der Waals surface area contributed by atoms with Gasteiger partial charge in [-0.15, -0.1) is 11.3 Å². The lowest BCUT2D eigenvalue weighted by atomic mass is 10.0. The van der Waals surface area contributed by atoms with Crippen molar-refractivity contribution in [1.29, 1.82) is 0 Å². The number of hydrogen-bond donors (Lipinski definition) is 0. The van der Waals surface area contributed by atoms with Gasteiger partial charge in [0.05, 0.1) is 11.5 Å². The predicted molar refractivity (Wildman–Crippen MR) is 144 cm³/mol. The van der Waals surface area contributed by atoms with Crippen LogP contribution in [0.1, 0.15) is 42.6 Å². The highest BCUT2D eigenvalue weighted by atomic mass is 35.5. The van der Waals surface area contributed by atoms with E-state index in [2.05, 4.69) is 0 Å².